The summed E-state index contributed by atoms with van der Waals surface area (Å²) in [6, 6.07) is 0. The van der Waals surface area contributed by atoms with E-state index in [2.05, 4.69) is 16.0 Å². The number of anilines is 1. The van der Waals surface area contributed by atoms with E-state index in [1.54, 1.807) is 0 Å². The van der Waals surface area contributed by atoms with Crippen LogP contribution in [0, 0.1) is 27.7 Å². The van der Waals surface area contributed by atoms with Gasteiger partial charge in [-0.3, -0.25) is 11.2 Å². The Balaban J connectivity index is 0.000000534. The molecule has 0 aromatic heterocycles. The van der Waals surface area contributed by atoms with Crippen molar-refractivity contribution in [3.05, 3.63) is 22.3 Å². The van der Waals surface area contributed by atoms with Gasteiger partial charge in [-0.05, 0) is 57.0 Å². The van der Waals surface area contributed by atoms with Crippen LogP contribution in [0.15, 0.2) is 0 Å². The second-order valence-electron chi connectivity index (χ2n) is 4.80. The zero-order valence-corrected chi connectivity index (χ0v) is 16.1. The number of benzene rings is 1. The molecule has 0 heterocycles. The number of phenolic OH excluding ortho intramolecular Hbond substituents is 1. The van der Waals surface area contributed by atoms with Gasteiger partial charge in [0, 0.05) is 5.69 Å². The number of hydrogen-bond acceptors (Lipinski definition) is 6. The quantitative estimate of drug-likeness (QED) is 0.276. The van der Waals surface area contributed by atoms with E-state index in [0.717, 1.165) is 34.2 Å². The highest BCUT2D eigenvalue weighted by Gasteiger charge is 2.11. The van der Waals surface area contributed by atoms with E-state index >= 15 is 0 Å². The largest absolute Gasteiger partial charge is 0.507 e. The van der Waals surface area contributed by atoms with Crippen LogP contribution in [0.1, 0.15) is 22.3 Å². The average molecular weight is 367 g/mol. The Bertz CT molecular complexity index is 674. The summed E-state index contributed by atoms with van der Waals surface area (Å²) in [6.07, 6.45) is 1.07. The summed E-state index contributed by atoms with van der Waals surface area (Å²) in [4.78, 5) is 2.01. The van der Waals surface area contributed by atoms with E-state index in [-0.39, 0.29) is 0 Å². The fourth-order valence-corrected chi connectivity index (χ4v) is 2.90. The minimum absolute atomic E-state index is 0.379. The number of sulfonamides is 1. The number of rotatable bonds is 4. The molecule has 0 aliphatic carbocycles. The van der Waals surface area contributed by atoms with Crippen LogP contribution < -0.4 is 15.0 Å². The molecule has 0 amide bonds. The van der Waals surface area contributed by atoms with Gasteiger partial charge in [-0.15, -0.1) is 0 Å². The Kier molecular flexibility index (Phi) is 8.34. The van der Waals surface area contributed by atoms with Gasteiger partial charge in [0.15, 0.2) is 0 Å². The zero-order valence-electron chi connectivity index (χ0n) is 13.7. The number of aromatic hydroxyl groups is 1. The van der Waals surface area contributed by atoms with Crippen LogP contribution in [-0.4, -0.2) is 32.7 Å². The lowest BCUT2D eigenvalue weighted by molar-refractivity contribution is 0.466. The van der Waals surface area contributed by atoms with Crippen LogP contribution in [-0.2, 0) is 30.4 Å². The molecule has 0 unspecified atom stereocenters. The second kappa shape index (κ2) is 8.68. The van der Waals surface area contributed by atoms with Crippen LogP contribution in [0.2, 0.25) is 0 Å². The maximum absolute atomic E-state index is 10.1. The molecule has 1 aromatic rings. The molecule has 6 nitrogen and oxygen atoms in total. The summed E-state index contributed by atoms with van der Waals surface area (Å²) >= 11 is 5.04. The highest BCUT2D eigenvalue weighted by Crippen LogP contribution is 2.34. The van der Waals surface area contributed by atoms with Gasteiger partial charge < -0.3 is 19.1 Å². The minimum atomic E-state index is -3.04. The summed E-state index contributed by atoms with van der Waals surface area (Å²) in [5.74, 6) is 4.15. The molecular weight excluding hydrogens is 342 g/mol. The lowest BCUT2D eigenvalue weighted by atomic mass is 9.98. The Morgan fingerprint density at radius 1 is 1.09 bits per heavy atom. The maximum Gasteiger partial charge on any atom is 0.221 e. The summed E-state index contributed by atoms with van der Waals surface area (Å²) in [6.45, 7) is 7.78. The van der Waals surface area contributed by atoms with E-state index in [1.165, 1.54) is 7.05 Å². The highest BCUT2D eigenvalue weighted by atomic mass is 32.8. The molecule has 0 atom stereocenters. The zero-order chi connectivity index (χ0) is 17.7. The molecule has 0 radical (unpaired) electrons. The molecule has 0 aliphatic rings. The maximum atomic E-state index is 10.1. The van der Waals surface area contributed by atoms with Gasteiger partial charge in [-0.2, -0.15) is 4.83 Å². The van der Waals surface area contributed by atoms with Gasteiger partial charge in [0.05, 0.1) is 6.26 Å². The van der Waals surface area contributed by atoms with Gasteiger partial charge in [0.1, 0.15) is 5.75 Å². The van der Waals surface area contributed by atoms with Gasteiger partial charge in [-0.25, -0.2) is 19.7 Å². The molecular formula is C13H24N3O3S3-. The van der Waals surface area contributed by atoms with Gasteiger partial charge in [0.25, 0.3) is 0 Å². The number of nitrogens with one attached hydrogen (secondary N) is 3. The van der Waals surface area contributed by atoms with E-state index in [1.807, 2.05) is 32.5 Å². The van der Waals surface area contributed by atoms with Crippen LogP contribution in [0.4, 0.5) is 5.69 Å². The van der Waals surface area contributed by atoms with Crippen molar-refractivity contribution >= 4 is 42.0 Å². The van der Waals surface area contributed by atoms with Crippen molar-refractivity contribution in [2.75, 3.05) is 18.0 Å². The molecule has 0 saturated carbocycles. The molecule has 0 saturated heterocycles. The third-order valence-corrected chi connectivity index (χ3v) is 4.35. The van der Waals surface area contributed by atoms with Crippen molar-refractivity contribution in [3.63, 3.8) is 0 Å². The molecule has 9 heteroatoms. The Morgan fingerprint density at radius 2 is 1.50 bits per heavy atom. The van der Waals surface area contributed by atoms with Crippen LogP contribution in [0.3, 0.4) is 0 Å². The molecule has 0 bridgehead atoms. The summed E-state index contributed by atoms with van der Waals surface area (Å²) in [5.41, 5.74) is 7.17. The molecule has 1 rings (SSSR count). The summed E-state index contributed by atoms with van der Waals surface area (Å²) in [7, 11) is -2.06. The van der Waals surface area contributed by atoms with Crippen molar-refractivity contribution in [1.82, 2.24) is 10.3 Å². The smallest absolute Gasteiger partial charge is 0.221 e. The second-order valence-corrected chi connectivity index (χ2v) is 8.65. The first kappa shape index (κ1) is 21.1. The molecule has 0 fully saturated rings. The SMILES string of the molecule is C=[S-](=S)Nc1c(C)c(C)c(O)c(C)c1C.CNNS(C)(=O)=O. The number of phenols is 1. The molecule has 22 heavy (non-hydrogen) atoms. The lowest BCUT2D eigenvalue weighted by Crippen LogP contribution is -2.32. The summed E-state index contributed by atoms with van der Waals surface area (Å²) < 4.78 is 23.3. The topological polar surface area (TPSA) is 90.5 Å². The lowest BCUT2D eigenvalue weighted by Gasteiger charge is -2.21. The van der Waals surface area contributed by atoms with Crippen molar-refractivity contribution in [2.24, 2.45) is 0 Å². The number of hydrogen-bond donors (Lipinski definition) is 4. The van der Waals surface area contributed by atoms with E-state index in [9.17, 15) is 13.5 Å². The first-order chi connectivity index (χ1) is 9.92. The normalized spacial score (nSPS) is 11.0. The van der Waals surface area contributed by atoms with Gasteiger partial charge in [0.2, 0.25) is 10.0 Å². The molecule has 0 spiro atoms. The predicted octanol–water partition coefficient (Wildman–Crippen LogP) is 1.13. The van der Waals surface area contributed by atoms with Crippen molar-refractivity contribution < 1.29 is 13.5 Å². The Labute approximate surface area is 139 Å². The standard InChI is InChI=1S/C11H16NOS2.C2H8N2O2S/c1-6-8(3)11(13)9(4)7(2)10(6)12-15(5)14;1-3-4-7(2,5)6/h13H,5H2,1-4H3,(H,12,14);3-4H,1-2H3/q-1;. The van der Waals surface area contributed by atoms with Crippen LogP contribution in [0.5, 0.6) is 5.75 Å². The minimum Gasteiger partial charge on any atom is -0.507 e. The van der Waals surface area contributed by atoms with E-state index in [4.69, 9.17) is 11.2 Å². The third kappa shape index (κ3) is 6.49. The fraction of sp³-hybridized carbons (Fsp3) is 0.462. The highest BCUT2D eigenvalue weighted by molar-refractivity contribution is 8.27. The van der Waals surface area contributed by atoms with Gasteiger partial charge >= 0.3 is 0 Å². The molecule has 4 N–H and O–H groups in total. The van der Waals surface area contributed by atoms with Crippen molar-refractivity contribution in [1.29, 1.82) is 0 Å². The Hall–Kier alpha value is -0.870. The molecule has 1 aromatic carbocycles. The monoisotopic (exact) mass is 366 g/mol. The van der Waals surface area contributed by atoms with Crippen LogP contribution in [0.25, 0.3) is 0 Å². The molecule has 128 valence electrons. The first-order valence-electron chi connectivity index (χ1n) is 6.33. The third-order valence-electron chi connectivity index (χ3n) is 3.09. The molecule has 0 aliphatic heterocycles. The van der Waals surface area contributed by atoms with E-state index in [0.29, 0.717) is 5.75 Å². The van der Waals surface area contributed by atoms with Crippen LogP contribution >= 0.6 is 0 Å². The summed E-state index contributed by atoms with van der Waals surface area (Å²) in [5, 5.41) is 9.86. The fourth-order valence-electron chi connectivity index (χ4n) is 1.75. The van der Waals surface area contributed by atoms with Crippen molar-refractivity contribution in [2.45, 2.75) is 27.7 Å². The van der Waals surface area contributed by atoms with Crippen molar-refractivity contribution in [3.8, 4) is 5.75 Å². The Morgan fingerprint density at radius 3 is 1.73 bits per heavy atom. The average Bonchev–Trinajstić information content (AvgIpc) is 2.38. The predicted molar refractivity (Wildman–Crippen MR) is 99.6 cm³/mol. The first-order valence-corrected chi connectivity index (χ1v) is 10.5. The van der Waals surface area contributed by atoms with E-state index < -0.39 is 19.3 Å². The van der Waals surface area contributed by atoms with Gasteiger partial charge in [-0.1, -0.05) is 0 Å². The number of hydrazine groups is 1.